The molecule has 2 aromatic carbocycles. The summed E-state index contributed by atoms with van der Waals surface area (Å²) in [5.41, 5.74) is 0.882. The number of ether oxygens (including phenoxy) is 1. The quantitative estimate of drug-likeness (QED) is 0.759. The fourth-order valence-corrected chi connectivity index (χ4v) is 2.07. The van der Waals surface area contributed by atoms with Crippen molar-refractivity contribution in [2.75, 3.05) is 13.2 Å². The molecule has 0 spiro atoms. The molecule has 4 heteroatoms. The van der Waals surface area contributed by atoms with Gasteiger partial charge in [0.15, 0.2) is 0 Å². The maximum absolute atomic E-state index is 13.0. The van der Waals surface area contributed by atoms with Crippen LogP contribution in [0.5, 0.6) is 5.75 Å². The predicted molar refractivity (Wildman–Crippen MR) is 84.3 cm³/mol. The largest absolute Gasteiger partial charge is 0.494 e. The molecule has 116 valence electrons. The highest BCUT2D eigenvalue weighted by atomic mass is 19.1. The van der Waals surface area contributed by atoms with Gasteiger partial charge >= 0.3 is 0 Å². The third kappa shape index (κ3) is 5.95. The molecule has 0 bridgehead atoms. The number of para-hydroxylation sites is 1. The molecule has 0 aliphatic carbocycles. The number of hydrogen-bond acceptors (Lipinski definition) is 2. The minimum absolute atomic E-state index is 0.00642. The Labute approximate surface area is 130 Å². The summed E-state index contributed by atoms with van der Waals surface area (Å²) >= 11 is 0. The molecule has 0 fully saturated rings. The Morgan fingerprint density at radius 1 is 1.09 bits per heavy atom. The molecule has 2 rings (SSSR count). The highest BCUT2D eigenvalue weighted by Gasteiger charge is 2.02. The first-order chi connectivity index (χ1) is 10.7. The predicted octanol–water partition coefficient (Wildman–Crippen LogP) is 3.34. The lowest BCUT2D eigenvalue weighted by Gasteiger charge is -2.07. The topological polar surface area (TPSA) is 38.3 Å². The van der Waals surface area contributed by atoms with E-state index in [-0.39, 0.29) is 11.7 Å². The van der Waals surface area contributed by atoms with Gasteiger partial charge in [0, 0.05) is 13.0 Å². The number of halogens is 1. The van der Waals surface area contributed by atoms with E-state index in [0.717, 1.165) is 11.3 Å². The minimum Gasteiger partial charge on any atom is -0.494 e. The van der Waals surface area contributed by atoms with E-state index in [1.807, 2.05) is 36.4 Å². The Hall–Kier alpha value is -2.36. The third-order valence-corrected chi connectivity index (χ3v) is 3.18. The standard InChI is InChI=1S/C18H20FNO2/c19-16-7-4-6-15(14-16)11-12-20-18(21)10-5-13-22-17-8-2-1-3-9-17/h1-4,6-9,14H,5,10-13H2,(H,20,21). The molecular formula is C18H20FNO2. The average molecular weight is 301 g/mol. The summed E-state index contributed by atoms with van der Waals surface area (Å²) in [5, 5.41) is 2.83. The van der Waals surface area contributed by atoms with Crippen molar-refractivity contribution in [2.45, 2.75) is 19.3 Å². The van der Waals surface area contributed by atoms with Gasteiger partial charge in [-0.2, -0.15) is 0 Å². The second-order valence-electron chi connectivity index (χ2n) is 4.99. The van der Waals surface area contributed by atoms with Gasteiger partial charge in [0.25, 0.3) is 0 Å². The molecule has 0 aromatic heterocycles. The number of rotatable bonds is 8. The summed E-state index contributed by atoms with van der Waals surface area (Å²) in [4.78, 5) is 11.7. The zero-order valence-corrected chi connectivity index (χ0v) is 12.4. The van der Waals surface area contributed by atoms with Crippen LogP contribution in [0.4, 0.5) is 4.39 Å². The normalized spacial score (nSPS) is 10.2. The summed E-state index contributed by atoms with van der Waals surface area (Å²) in [6.07, 6.45) is 1.72. The van der Waals surface area contributed by atoms with E-state index in [4.69, 9.17) is 4.74 Å². The van der Waals surface area contributed by atoms with Crippen molar-refractivity contribution < 1.29 is 13.9 Å². The molecule has 0 atom stereocenters. The van der Waals surface area contributed by atoms with Crippen LogP contribution in [-0.2, 0) is 11.2 Å². The van der Waals surface area contributed by atoms with Crippen LogP contribution in [0, 0.1) is 5.82 Å². The Bertz CT molecular complexity index is 587. The molecule has 1 N–H and O–H groups in total. The Morgan fingerprint density at radius 3 is 2.68 bits per heavy atom. The summed E-state index contributed by atoms with van der Waals surface area (Å²) in [7, 11) is 0. The average Bonchev–Trinajstić information content (AvgIpc) is 2.53. The molecule has 0 unspecified atom stereocenters. The number of nitrogens with one attached hydrogen (secondary N) is 1. The second-order valence-corrected chi connectivity index (χ2v) is 4.99. The van der Waals surface area contributed by atoms with Gasteiger partial charge in [0.05, 0.1) is 6.61 Å². The highest BCUT2D eigenvalue weighted by molar-refractivity contribution is 5.75. The lowest BCUT2D eigenvalue weighted by Crippen LogP contribution is -2.25. The number of carbonyl (C=O) groups excluding carboxylic acids is 1. The second kappa shape index (κ2) is 8.82. The van der Waals surface area contributed by atoms with E-state index in [2.05, 4.69) is 5.32 Å². The van der Waals surface area contributed by atoms with E-state index in [1.54, 1.807) is 6.07 Å². The van der Waals surface area contributed by atoms with Gasteiger partial charge in [-0.3, -0.25) is 4.79 Å². The van der Waals surface area contributed by atoms with Crippen molar-refractivity contribution >= 4 is 5.91 Å². The summed E-state index contributed by atoms with van der Waals surface area (Å²) in [6, 6.07) is 15.9. The van der Waals surface area contributed by atoms with Gasteiger partial charge in [0.1, 0.15) is 11.6 Å². The van der Waals surface area contributed by atoms with Gasteiger partial charge in [-0.05, 0) is 42.7 Å². The first kappa shape index (κ1) is 16.0. The number of hydrogen-bond donors (Lipinski definition) is 1. The first-order valence-electron chi connectivity index (χ1n) is 7.43. The van der Waals surface area contributed by atoms with Crippen molar-refractivity contribution in [1.82, 2.24) is 5.32 Å². The molecule has 0 aliphatic heterocycles. The van der Waals surface area contributed by atoms with E-state index in [0.29, 0.717) is 32.4 Å². The third-order valence-electron chi connectivity index (χ3n) is 3.18. The molecule has 0 heterocycles. The molecule has 0 aliphatic rings. The maximum atomic E-state index is 13.0. The van der Waals surface area contributed by atoms with Crippen LogP contribution in [0.2, 0.25) is 0 Å². The molecule has 0 radical (unpaired) electrons. The molecule has 1 amide bonds. The van der Waals surface area contributed by atoms with Gasteiger partial charge in [-0.15, -0.1) is 0 Å². The highest BCUT2D eigenvalue weighted by Crippen LogP contribution is 2.08. The SMILES string of the molecule is O=C(CCCOc1ccccc1)NCCc1cccc(F)c1. The lowest BCUT2D eigenvalue weighted by atomic mass is 10.1. The van der Waals surface area contributed by atoms with Crippen molar-refractivity contribution in [3.63, 3.8) is 0 Å². The molecule has 22 heavy (non-hydrogen) atoms. The number of carbonyl (C=O) groups is 1. The van der Waals surface area contributed by atoms with Crippen molar-refractivity contribution in [3.8, 4) is 5.75 Å². The Balaban J connectivity index is 1.56. The zero-order valence-electron chi connectivity index (χ0n) is 12.4. The minimum atomic E-state index is -0.248. The van der Waals surface area contributed by atoms with Crippen LogP contribution in [0.1, 0.15) is 18.4 Å². The van der Waals surface area contributed by atoms with E-state index < -0.39 is 0 Å². The lowest BCUT2D eigenvalue weighted by molar-refractivity contribution is -0.121. The van der Waals surface area contributed by atoms with Gasteiger partial charge in [-0.1, -0.05) is 30.3 Å². The fourth-order valence-electron chi connectivity index (χ4n) is 2.07. The van der Waals surface area contributed by atoms with Crippen LogP contribution in [-0.4, -0.2) is 19.1 Å². The van der Waals surface area contributed by atoms with Crippen molar-refractivity contribution in [2.24, 2.45) is 0 Å². The zero-order chi connectivity index (χ0) is 15.6. The molecule has 0 saturated carbocycles. The summed E-state index contributed by atoms with van der Waals surface area (Å²) < 4.78 is 18.5. The molecule has 3 nitrogen and oxygen atoms in total. The van der Waals surface area contributed by atoms with E-state index in [9.17, 15) is 9.18 Å². The van der Waals surface area contributed by atoms with Gasteiger partial charge in [-0.25, -0.2) is 4.39 Å². The van der Waals surface area contributed by atoms with E-state index >= 15 is 0 Å². The van der Waals surface area contributed by atoms with Gasteiger partial charge in [0.2, 0.25) is 5.91 Å². The smallest absolute Gasteiger partial charge is 0.220 e. The van der Waals surface area contributed by atoms with Crippen LogP contribution in [0.25, 0.3) is 0 Å². The van der Waals surface area contributed by atoms with Crippen LogP contribution < -0.4 is 10.1 Å². The summed E-state index contributed by atoms with van der Waals surface area (Å²) in [5.74, 6) is 0.559. The van der Waals surface area contributed by atoms with Crippen molar-refractivity contribution in [3.05, 3.63) is 66.0 Å². The molecule has 2 aromatic rings. The number of benzene rings is 2. The molecular weight excluding hydrogens is 281 g/mol. The van der Waals surface area contributed by atoms with Crippen LogP contribution >= 0.6 is 0 Å². The first-order valence-corrected chi connectivity index (χ1v) is 7.43. The van der Waals surface area contributed by atoms with Crippen LogP contribution in [0.15, 0.2) is 54.6 Å². The molecule has 0 saturated heterocycles. The number of amides is 1. The van der Waals surface area contributed by atoms with E-state index in [1.165, 1.54) is 12.1 Å². The van der Waals surface area contributed by atoms with Crippen molar-refractivity contribution in [1.29, 1.82) is 0 Å². The van der Waals surface area contributed by atoms with Crippen LogP contribution in [0.3, 0.4) is 0 Å². The summed E-state index contributed by atoms with van der Waals surface area (Å²) in [6.45, 7) is 1.03. The fraction of sp³-hybridized carbons (Fsp3) is 0.278. The Kier molecular flexibility index (Phi) is 6.42. The van der Waals surface area contributed by atoms with Gasteiger partial charge < -0.3 is 10.1 Å². The maximum Gasteiger partial charge on any atom is 0.220 e. The monoisotopic (exact) mass is 301 g/mol. The Morgan fingerprint density at radius 2 is 1.91 bits per heavy atom.